The predicted molar refractivity (Wildman–Crippen MR) is 60.8 cm³/mol. The van der Waals surface area contributed by atoms with E-state index in [1.165, 1.54) is 11.3 Å². The fourth-order valence-electron chi connectivity index (χ4n) is 1.83. The molecule has 0 aliphatic carbocycles. The average Bonchev–Trinajstić information content (AvgIpc) is 2.30. The van der Waals surface area contributed by atoms with Crippen molar-refractivity contribution in [1.29, 1.82) is 5.26 Å². The Bertz CT molecular complexity index is 363. The second-order valence-electron chi connectivity index (χ2n) is 3.92. The van der Waals surface area contributed by atoms with Crippen LogP contribution in [0.15, 0.2) is 24.3 Å². The van der Waals surface area contributed by atoms with Gasteiger partial charge in [0.15, 0.2) is 0 Å². The standard InChI is InChI=1S/C12H15N3/c1-10-2-4-12(5-3-10)15-7-6-14-11(8-13)9-15/h2-5,11,14H,6-7,9H2,1H3. The lowest BCUT2D eigenvalue weighted by Crippen LogP contribution is -2.50. The van der Waals surface area contributed by atoms with Crippen molar-refractivity contribution in [2.45, 2.75) is 13.0 Å². The number of hydrogen-bond acceptors (Lipinski definition) is 3. The largest absolute Gasteiger partial charge is 0.368 e. The molecule has 0 spiro atoms. The first-order valence-electron chi connectivity index (χ1n) is 5.24. The quantitative estimate of drug-likeness (QED) is 0.744. The molecule has 1 aromatic rings. The summed E-state index contributed by atoms with van der Waals surface area (Å²) in [5, 5.41) is 12.0. The molecule has 0 radical (unpaired) electrons. The maximum absolute atomic E-state index is 8.86. The summed E-state index contributed by atoms with van der Waals surface area (Å²) in [6, 6.07) is 10.7. The van der Waals surface area contributed by atoms with Crippen LogP contribution in [0.4, 0.5) is 5.69 Å². The van der Waals surface area contributed by atoms with Crippen LogP contribution < -0.4 is 10.2 Å². The monoisotopic (exact) mass is 201 g/mol. The van der Waals surface area contributed by atoms with Crippen LogP contribution in [0.3, 0.4) is 0 Å². The van der Waals surface area contributed by atoms with E-state index in [0.717, 1.165) is 19.6 Å². The number of hydrogen-bond donors (Lipinski definition) is 1. The molecule has 1 aliphatic rings. The van der Waals surface area contributed by atoms with Crippen LogP contribution in [0.2, 0.25) is 0 Å². The summed E-state index contributed by atoms with van der Waals surface area (Å²) in [7, 11) is 0. The third kappa shape index (κ3) is 2.28. The molecule has 0 amide bonds. The number of benzene rings is 1. The van der Waals surface area contributed by atoms with E-state index in [0.29, 0.717) is 0 Å². The SMILES string of the molecule is Cc1ccc(N2CCNC(C#N)C2)cc1. The summed E-state index contributed by atoms with van der Waals surface area (Å²) in [5.74, 6) is 0. The third-order valence-electron chi connectivity index (χ3n) is 2.73. The summed E-state index contributed by atoms with van der Waals surface area (Å²) in [6.45, 7) is 4.71. The summed E-state index contributed by atoms with van der Waals surface area (Å²) in [5.41, 5.74) is 2.48. The topological polar surface area (TPSA) is 39.1 Å². The molecule has 1 fully saturated rings. The van der Waals surface area contributed by atoms with Crippen molar-refractivity contribution in [1.82, 2.24) is 5.32 Å². The molecule has 15 heavy (non-hydrogen) atoms. The molecular formula is C12H15N3. The number of nitriles is 1. The smallest absolute Gasteiger partial charge is 0.113 e. The third-order valence-corrected chi connectivity index (χ3v) is 2.73. The van der Waals surface area contributed by atoms with Gasteiger partial charge in [-0.1, -0.05) is 17.7 Å². The predicted octanol–water partition coefficient (Wildman–Crippen LogP) is 1.30. The summed E-state index contributed by atoms with van der Waals surface area (Å²) in [4.78, 5) is 2.25. The van der Waals surface area contributed by atoms with E-state index < -0.39 is 0 Å². The summed E-state index contributed by atoms with van der Waals surface area (Å²) < 4.78 is 0. The van der Waals surface area contributed by atoms with E-state index in [1.807, 2.05) is 0 Å². The molecule has 2 rings (SSSR count). The van der Waals surface area contributed by atoms with Crippen molar-refractivity contribution in [2.75, 3.05) is 24.5 Å². The minimum absolute atomic E-state index is 0.0416. The van der Waals surface area contributed by atoms with Crippen molar-refractivity contribution in [3.8, 4) is 6.07 Å². The zero-order valence-electron chi connectivity index (χ0n) is 8.90. The van der Waals surface area contributed by atoms with Gasteiger partial charge in [-0.3, -0.25) is 5.32 Å². The van der Waals surface area contributed by atoms with E-state index in [4.69, 9.17) is 5.26 Å². The molecule has 0 saturated carbocycles. The molecule has 1 saturated heterocycles. The van der Waals surface area contributed by atoms with Crippen molar-refractivity contribution >= 4 is 5.69 Å². The van der Waals surface area contributed by atoms with Crippen LogP contribution in [-0.4, -0.2) is 25.7 Å². The lowest BCUT2D eigenvalue weighted by atomic mass is 10.1. The second kappa shape index (κ2) is 4.33. The fourth-order valence-corrected chi connectivity index (χ4v) is 1.83. The van der Waals surface area contributed by atoms with Crippen LogP contribution in [0.25, 0.3) is 0 Å². The van der Waals surface area contributed by atoms with Crippen molar-refractivity contribution in [3.63, 3.8) is 0 Å². The van der Waals surface area contributed by atoms with E-state index in [2.05, 4.69) is 47.5 Å². The Morgan fingerprint density at radius 3 is 2.80 bits per heavy atom. The Hall–Kier alpha value is -1.53. The highest BCUT2D eigenvalue weighted by molar-refractivity contribution is 5.48. The minimum Gasteiger partial charge on any atom is -0.368 e. The molecule has 1 aliphatic heterocycles. The summed E-state index contributed by atoms with van der Waals surface area (Å²) >= 11 is 0. The number of piperazine rings is 1. The van der Waals surface area contributed by atoms with Gasteiger partial charge in [0.25, 0.3) is 0 Å². The normalized spacial score (nSPS) is 21.1. The van der Waals surface area contributed by atoms with Gasteiger partial charge in [0.2, 0.25) is 0 Å². The van der Waals surface area contributed by atoms with E-state index in [9.17, 15) is 0 Å². The van der Waals surface area contributed by atoms with Crippen LogP contribution >= 0.6 is 0 Å². The zero-order valence-corrected chi connectivity index (χ0v) is 8.90. The van der Waals surface area contributed by atoms with E-state index in [1.54, 1.807) is 0 Å². The minimum atomic E-state index is -0.0416. The molecule has 1 aromatic carbocycles. The average molecular weight is 201 g/mol. The Morgan fingerprint density at radius 1 is 1.40 bits per heavy atom. The van der Waals surface area contributed by atoms with Crippen LogP contribution in [0.5, 0.6) is 0 Å². The second-order valence-corrected chi connectivity index (χ2v) is 3.92. The molecule has 3 nitrogen and oxygen atoms in total. The van der Waals surface area contributed by atoms with Gasteiger partial charge in [-0.15, -0.1) is 0 Å². The highest BCUT2D eigenvalue weighted by Crippen LogP contribution is 2.16. The van der Waals surface area contributed by atoms with Crippen molar-refractivity contribution < 1.29 is 0 Å². The molecule has 1 unspecified atom stereocenters. The van der Waals surface area contributed by atoms with Gasteiger partial charge in [0, 0.05) is 25.3 Å². The molecule has 1 heterocycles. The number of nitrogens with zero attached hydrogens (tertiary/aromatic N) is 2. The first kappa shape index (κ1) is 10.0. The van der Waals surface area contributed by atoms with Crippen LogP contribution in [0.1, 0.15) is 5.56 Å². The van der Waals surface area contributed by atoms with Gasteiger partial charge in [0.1, 0.15) is 6.04 Å². The van der Waals surface area contributed by atoms with Gasteiger partial charge in [-0.25, -0.2) is 0 Å². The van der Waals surface area contributed by atoms with Crippen LogP contribution in [-0.2, 0) is 0 Å². The Kier molecular flexibility index (Phi) is 2.89. The number of nitrogens with one attached hydrogen (secondary N) is 1. The van der Waals surface area contributed by atoms with Gasteiger partial charge < -0.3 is 4.90 Å². The molecule has 1 atom stereocenters. The molecular weight excluding hydrogens is 186 g/mol. The lowest BCUT2D eigenvalue weighted by molar-refractivity contribution is 0.525. The highest BCUT2D eigenvalue weighted by Gasteiger charge is 2.18. The van der Waals surface area contributed by atoms with Gasteiger partial charge in [0.05, 0.1) is 6.07 Å². The Balaban J connectivity index is 2.10. The molecule has 1 N–H and O–H groups in total. The summed E-state index contributed by atoms with van der Waals surface area (Å²) in [6.07, 6.45) is 0. The number of anilines is 1. The molecule has 78 valence electrons. The Morgan fingerprint density at radius 2 is 2.13 bits per heavy atom. The first-order valence-corrected chi connectivity index (χ1v) is 5.24. The van der Waals surface area contributed by atoms with Crippen molar-refractivity contribution in [2.24, 2.45) is 0 Å². The highest BCUT2D eigenvalue weighted by atomic mass is 15.2. The Labute approximate surface area is 90.3 Å². The maximum atomic E-state index is 8.86. The zero-order chi connectivity index (χ0) is 10.7. The fraction of sp³-hybridized carbons (Fsp3) is 0.417. The van der Waals surface area contributed by atoms with Gasteiger partial charge in [-0.2, -0.15) is 5.26 Å². The molecule has 3 heteroatoms. The van der Waals surface area contributed by atoms with Gasteiger partial charge in [-0.05, 0) is 19.1 Å². The lowest BCUT2D eigenvalue weighted by Gasteiger charge is -2.32. The first-order chi connectivity index (χ1) is 7.29. The molecule has 0 aromatic heterocycles. The van der Waals surface area contributed by atoms with E-state index >= 15 is 0 Å². The van der Waals surface area contributed by atoms with Crippen molar-refractivity contribution in [3.05, 3.63) is 29.8 Å². The maximum Gasteiger partial charge on any atom is 0.113 e. The number of aryl methyl sites for hydroxylation is 1. The van der Waals surface area contributed by atoms with E-state index in [-0.39, 0.29) is 6.04 Å². The molecule has 0 bridgehead atoms. The number of rotatable bonds is 1. The van der Waals surface area contributed by atoms with Gasteiger partial charge >= 0.3 is 0 Å². The van der Waals surface area contributed by atoms with Crippen LogP contribution in [0, 0.1) is 18.3 Å².